The molecule has 7 heteroatoms. The molecule has 7 nitrogen and oxygen atoms in total. The van der Waals surface area contributed by atoms with Crippen molar-refractivity contribution in [3.05, 3.63) is 142 Å². The summed E-state index contributed by atoms with van der Waals surface area (Å²) in [5.74, 6) is -0.624. The van der Waals surface area contributed by atoms with E-state index < -0.39 is 5.91 Å². The van der Waals surface area contributed by atoms with Crippen molar-refractivity contribution in [1.29, 1.82) is 0 Å². The molecule has 0 unspecified atom stereocenters. The SMILES string of the molecule is O=C(NCc1nn(Cc2cccnc2)c(=O)c2ccccc12)c1ccccc1C(=O)c1ccccc1. The molecule has 5 rings (SSSR count). The van der Waals surface area contributed by atoms with Crippen LogP contribution in [0.15, 0.2) is 108 Å². The van der Waals surface area contributed by atoms with Gasteiger partial charge in [0.2, 0.25) is 0 Å². The smallest absolute Gasteiger partial charge is 0.274 e. The minimum atomic E-state index is -0.397. The van der Waals surface area contributed by atoms with Gasteiger partial charge in [-0.3, -0.25) is 19.4 Å². The van der Waals surface area contributed by atoms with Crippen LogP contribution >= 0.6 is 0 Å². The Labute approximate surface area is 207 Å². The van der Waals surface area contributed by atoms with Crippen LogP contribution in [0.5, 0.6) is 0 Å². The van der Waals surface area contributed by atoms with Crippen molar-refractivity contribution < 1.29 is 9.59 Å². The summed E-state index contributed by atoms with van der Waals surface area (Å²) >= 11 is 0. The van der Waals surface area contributed by atoms with Gasteiger partial charge in [0, 0.05) is 28.9 Å². The van der Waals surface area contributed by atoms with Crippen molar-refractivity contribution in [2.75, 3.05) is 0 Å². The number of rotatable bonds is 7. The van der Waals surface area contributed by atoms with Gasteiger partial charge in [-0.1, -0.05) is 72.8 Å². The third-order valence-corrected chi connectivity index (χ3v) is 5.87. The van der Waals surface area contributed by atoms with Crippen LogP contribution in [0.4, 0.5) is 0 Å². The minimum absolute atomic E-state index is 0.0839. The van der Waals surface area contributed by atoms with Crippen LogP contribution in [0.25, 0.3) is 10.8 Å². The number of amides is 1. The first-order valence-electron chi connectivity index (χ1n) is 11.5. The van der Waals surface area contributed by atoms with Crippen molar-refractivity contribution in [2.45, 2.75) is 13.1 Å². The topological polar surface area (TPSA) is 93.9 Å². The molecule has 0 radical (unpaired) electrons. The van der Waals surface area contributed by atoms with Crippen molar-refractivity contribution in [3.63, 3.8) is 0 Å². The number of ketones is 1. The highest BCUT2D eigenvalue weighted by Crippen LogP contribution is 2.17. The first-order valence-corrected chi connectivity index (χ1v) is 11.5. The zero-order valence-electron chi connectivity index (χ0n) is 19.3. The van der Waals surface area contributed by atoms with E-state index in [1.54, 1.807) is 79.1 Å². The fourth-order valence-corrected chi connectivity index (χ4v) is 4.09. The zero-order valence-corrected chi connectivity index (χ0v) is 19.3. The van der Waals surface area contributed by atoms with E-state index in [1.165, 1.54) is 4.68 Å². The lowest BCUT2D eigenvalue weighted by Crippen LogP contribution is -2.29. The molecule has 0 saturated heterocycles. The van der Waals surface area contributed by atoms with E-state index in [4.69, 9.17) is 0 Å². The van der Waals surface area contributed by atoms with Crippen molar-refractivity contribution in [3.8, 4) is 0 Å². The molecule has 5 aromatic rings. The van der Waals surface area contributed by atoms with Gasteiger partial charge in [-0.2, -0.15) is 5.10 Å². The second-order valence-electron chi connectivity index (χ2n) is 8.24. The average molecular weight is 475 g/mol. The molecular weight excluding hydrogens is 452 g/mol. The largest absolute Gasteiger partial charge is 0.346 e. The Bertz CT molecular complexity index is 1610. The molecule has 0 aliphatic heterocycles. The van der Waals surface area contributed by atoms with E-state index in [0.717, 1.165) is 5.56 Å². The van der Waals surface area contributed by atoms with Crippen LogP contribution in [0.1, 0.15) is 37.5 Å². The van der Waals surface area contributed by atoms with Gasteiger partial charge in [-0.05, 0) is 23.8 Å². The molecule has 176 valence electrons. The van der Waals surface area contributed by atoms with Crippen LogP contribution in [-0.2, 0) is 13.1 Å². The predicted molar refractivity (Wildman–Crippen MR) is 137 cm³/mol. The number of hydrogen-bond acceptors (Lipinski definition) is 5. The number of nitrogens with one attached hydrogen (secondary N) is 1. The maximum atomic E-state index is 13.2. The highest BCUT2D eigenvalue weighted by molar-refractivity contribution is 6.15. The van der Waals surface area contributed by atoms with Gasteiger partial charge >= 0.3 is 0 Å². The first kappa shape index (κ1) is 22.9. The van der Waals surface area contributed by atoms with E-state index in [2.05, 4.69) is 15.4 Å². The van der Waals surface area contributed by atoms with E-state index in [1.807, 2.05) is 24.3 Å². The molecule has 2 heterocycles. The highest BCUT2D eigenvalue weighted by Gasteiger charge is 2.19. The Morgan fingerprint density at radius 2 is 1.47 bits per heavy atom. The van der Waals surface area contributed by atoms with Crippen LogP contribution < -0.4 is 10.9 Å². The lowest BCUT2D eigenvalue weighted by molar-refractivity contribution is 0.0939. The molecule has 2 aromatic heterocycles. The molecule has 3 aromatic carbocycles. The number of benzene rings is 3. The van der Waals surface area contributed by atoms with Gasteiger partial charge in [-0.15, -0.1) is 0 Å². The predicted octanol–water partition coefficient (Wildman–Crippen LogP) is 4.00. The van der Waals surface area contributed by atoms with Gasteiger partial charge in [-0.25, -0.2) is 4.68 Å². The van der Waals surface area contributed by atoms with E-state index in [-0.39, 0.29) is 30.0 Å². The molecule has 0 spiro atoms. The summed E-state index contributed by atoms with van der Waals surface area (Å²) in [5, 5.41) is 8.62. The van der Waals surface area contributed by atoms with Crippen molar-refractivity contribution in [2.24, 2.45) is 0 Å². The zero-order chi connectivity index (χ0) is 24.9. The Balaban J connectivity index is 1.44. The molecule has 36 heavy (non-hydrogen) atoms. The second kappa shape index (κ2) is 10.1. The summed E-state index contributed by atoms with van der Waals surface area (Å²) < 4.78 is 1.38. The Morgan fingerprint density at radius 3 is 2.22 bits per heavy atom. The molecule has 0 aliphatic rings. The molecule has 1 amide bonds. The lowest BCUT2D eigenvalue weighted by Gasteiger charge is -2.13. The second-order valence-corrected chi connectivity index (χ2v) is 8.24. The summed E-state index contributed by atoms with van der Waals surface area (Å²) in [6.07, 6.45) is 3.35. The van der Waals surface area contributed by atoms with Gasteiger partial charge in [0.05, 0.1) is 29.7 Å². The monoisotopic (exact) mass is 474 g/mol. The van der Waals surface area contributed by atoms with E-state index in [0.29, 0.717) is 27.6 Å². The number of aromatic nitrogens is 3. The number of carbonyl (C=O) groups is 2. The highest BCUT2D eigenvalue weighted by atomic mass is 16.2. The number of nitrogens with zero attached hydrogens (tertiary/aromatic N) is 3. The van der Waals surface area contributed by atoms with E-state index >= 15 is 0 Å². The summed E-state index contributed by atoms with van der Waals surface area (Å²) in [6, 6.07) is 26.4. The van der Waals surface area contributed by atoms with Crippen molar-refractivity contribution in [1.82, 2.24) is 20.1 Å². The maximum absolute atomic E-state index is 13.2. The molecular formula is C29H22N4O3. The van der Waals surface area contributed by atoms with Crippen LogP contribution in [0.3, 0.4) is 0 Å². The van der Waals surface area contributed by atoms with Gasteiger partial charge in [0.15, 0.2) is 5.78 Å². The molecule has 0 bridgehead atoms. The van der Waals surface area contributed by atoms with Crippen molar-refractivity contribution >= 4 is 22.5 Å². The molecule has 0 fully saturated rings. The summed E-state index contributed by atoms with van der Waals surface area (Å²) in [4.78, 5) is 43.4. The minimum Gasteiger partial charge on any atom is -0.346 e. The molecule has 1 N–H and O–H groups in total. The number of carbonyl (C=O) groups excluding carboxylic acids is 2. The number of pyridine rings is 1. The first-order chi connectivity index (χ1) is 17.6. The van der Waals surface area contributed by atoms with Crippen LogP contribution in [-0.4, -0.2) is 26.5 Å². The van der Waals surface area contributed by atoms with Crippen LogP contribution in [0.2, 0.25) is 0 Å². The molecule has 0 atom stereocenters. The summed E-state index contributed by atoms with van der Waals surface area (Å²) in [7, 11) is 0. The summed E-state index contributed by atoms with van der Waals surface area (Å²) in [6.45, 7) is 0.341. The van der Waals surface area contributed by atoms with Gasteiger partial charge in [0.25, 0.3) is 11.5 Å². The van der Waals surface area contributed by atoms with Gasteiger partial charge < -0.3 is 5.32 Å². The standard InChI is InChI=1S/C29H22N4O3/c34-27(21-10-2-1-3-11-21)23-13-5-6-14-24(23)28(35)31-18-26-22-12-4-7-15-25(22)29(36)33(32-26)19-20-9-8-16-30-17-20/h1-17H,18-19H2,(H,31,35). The Hall–Kier alpha value is -4.91. The molecule has 0 aliphatic carbocycles. The number of hydrogen-bond donors (Lipinski definition) is 1. The summed E-state index contributed by atoms with van der Waals surface area (Å²) in [5.41, 5.74) is 2.27. The van der Waals surface area contributed by atoms with Crippen LogP contribution in [0, 0.1) is 0 Å². The van der Waals surface area contributed by atoms with Gasteiger partial charge in [0.1, 0.15) is 0 Å². The number of fused-ring (bicyclic) bond motifs is 1. The van der Waals surface area contributed by atoms with E-state index in [9.17, 15) is 14.4 Å². The fraction of sp³-hybridized carbons (Fsp3) is 0.0690. The normalized spacial score (nSPS) is 10.8. The Kier molecular flexibility index (Phi) is 6.44. The fourth-order valence-electron chi connectivity index (χ4n) is 4.09. The quantitative estimate of drug-likeness (QED) is 0.360. The third kappa shape index (κ3) is 4.67. The average Bonchev–Trinajstić information content (AvgIpc) is 2.94. The Morgan fingerprint density at radius 1 is 0.778 bits per heavy atom. The lowest BCUT2D eigenvalue weighted by atomic mass is 9.98. The molecule has 0 saturated carbocycles. The maximum Gasteiger partial charge on any atom is 0.274 e. The third-order valence-electron chi connectivity index (χ3n) is 5.87.